The first-order valence-corrected chi connectivity index (χ1v) is 7.75. The summed E-state index contributed by atoms with van der Waals surface area (Å²) in [5.41, 5.74) is 1.86. The van der Waals surface area contributed by atoms with Gasteiger partial charge in [0, 0.05) is 25.1 Å². The van der Waals surface area contributed by atoms with Crippen molar-refractivity contribution in [1.82, 2.24) is 9.88 Å². The van der Waals surface area contributed by atoms with Crippen molar-refractivity contribution >= 4 is 15.9 Å². The Morgan fingerprint density at radius 2 is 2.21 bits per heavy atom. The van der Waals surface area contributed by atoms with Crippen LogP contribution < -0.4 is 5.14 Å². The summed E-state index contributed by atoms with van der Waals surface area (Å²) >= 11 is 0. The lowest BCUT2D eigenvalue weighted by atomic mass is 10.1. The van der Waals surface area contributed by atoms with Gasteiger partial charge in [-0.3, -0.25) is 9.78 Å². The molecule has 1 aliphatic rings. The molecule has 1 saturated heterocycles. The van der Waals surface area contributed by atoms with Gasteiger partial charge in [-0.15, -0.1) is 0 Å². The lowest BCUT2D eigenvalue weighted by Gasteiger charge is -2.16. The second kappa shape index (κ2) is 5.26. The van der Waals surface area contributed by atoms with Gasteiger partial charge < -0.3 is 4.90 Å². The standard InChI is InChI=1S/C12H17N3O3S/c1-9-2-3-11(14-5-9)7-15-6-10(4-12(15)16)8-19(13,17)18/h2-3,5,10H,4,6-8H2,1H3,(H2,13,17,18). The topological polar surface area (TPSA) is 93.4 Å². The van der Waals surface area contributed by atoms with Crippen molar-refractivity contribution in [3.05, 3.63) is 29.6 Å². The summed E-state index contributed by atoms with van der Waals surface area (Å²) in [6.45, 7) is 2.78. The number of hydrogen-bond acceptors (Lipinski definition) is 4. The number of carbonyl (C=O) groups excluding carboxylic acids is 1. The number of likely N-dealkylation sites (tertiary alicyclic amines) is 1. The first-order valence-electron chi connectivity index (χ1n) is 6.03. The van der Waals surface area contributed by atoms with Crippen LogP contribution in [0.2, 0.25) is 0 Å². The quantitative estimate of drug-likeness (QED) is 0.843. The summed E-state index contributed by atoms with van der Waals surface area (Å²) in [4.78, 5) is 17.7. The Hall–Kier alpha value is -1.47. The monoisotopic (exact) mass is 283 g/mol. The average molecular weight is 283 g/mol. The Morgan fingerprint density at radius 1 is 1.47 bits per heavy atom. The van der Waals surface area contributed by atoms with Gasteiger partial charge in [0.2, 0.25) is 15.9 Å². The summed E-state index contributed by atoms with van der Waals surface area (Å²) in [6.07, 6.45) is 1.99. The molecule has 1 unspecified atom stereocenters. The number of hydrogen-bond donors (Lipinski definition) is 1. The van der Waals surface area contributed by atoms with Crippen molar-refractivity contribution in [2.45, 2.75) is 19.9 Å². The van der Waals surface area contributed by atoms with Crippen LogP contribution in [0.15, 0.2) is 18.3 Å². The highest BCUT2D eigenvalue weighted by atomic mass is 32.2. The van der Waals surface area contributed by atoms with Gasteiger partial charge in [-0.05, 0) is 18.6 Å². The van der Waals surface area contributed by atoms with E-state index < -0.39 is 10.0 Å². The van der Waals surface area contributed by atoms with Gasteiger partial charge in [0.15, 0.2) is 0 Å². The van der Waals surface area contributed by atoms with Crippen LogP contribution in [0.1, 0.15) is 17.7 Å². The minimum absolute atomic E-state index is 0.0453. The van der Waals surface area contributed by atoms with Crippen LogP contribution in [0.25, 0.3) is 0 Å². The Kier molecular flexibility index (Phi) is 3.86. The largest absolute Gasteiger partial charge is 0.336 e. The van der Waals surface area contributed by atoms with Crippen molar-refractivity contribution in [2.75, 3.05) is 12.3 Å². The number of rotatable bonds is 4. The van der Waals surface area contributed by atoms with E-state index in [2.05, 4.69) is 4.98 Å². The molecule has 0 aliphatic carbocycles. The van der Waals surface area contributed by atoms with Gasteiger partial charge in [-0.2, -0.15) is 0 Å². The molecule has 6 nitrogen and oxygen atoms in total. The van der Waals surface area contributed by atoms with E-state index >= 15 is 0 Å². The highest BCUT2D eigenvalue weighted by molar-refractivity contribution is 7.89. The Labute approximate surface area is 112 Å². The summed E-state index contributed by atoms with van der Waals surface area (Å²) in [5, 5.41) is 5.01. The normalized spacial score (nSPS) is 20.0. The van der Waals surface area contributed by atoms with Crippen LogP contribution >= 0.6 is 0 Å². The minimum Gasteiger partial charge on any atom is -0.336 e. The predicted octanol–water partition coefficient (Wildman–Crippen LogP) is 0.0270. The molecule has 0 saturated carbocycles. The van der Waals surface area contributed by atoms with E-state index in [9.17, 15) is 13.2 Å². The molecular weight excluding hydrogens is 266 g/mol. The number of primary sulfonamides is 1. The summed E-state index contributed by atoms with van der Waals surface area (Å²) < 4.78 is 22.1. The van der Waals surface area contributed by atoms with Gasteiger partial charge in [0.25, 0.3) is 0 Å². The summed E-state index contributed by atoms with van der Waals surface area (Å²) in [6, 6.07) is 3.81. The third-order valence-electron chi connectivity index (χ3n) is 3.09. The van der Waals surface area contributed by atoms with Gasteiger partial charge in [-0.25, -0.2) is 13.6 Å². The van der Waals surface area contributed by atoms with Crippen molar-refractivity contribution in [3.63, 3.8) is 0 Å². The third kappa shape index (κ3) is 4.00. The molecular formula is C12H17N3O3S. The van der Waals surface area contributed by atoms with E-state index in [1.54, 1.807) is 11.1 Å². The molecule has 2 rings (SSSR count). The van der Waals surface area contributed by atoms with E-state index in [1.807, 2.05) is 19.1 Å². The maximum atomic E-state index is 11.8. The third-order valence-corrected chi connectivity index (χ3v) is 4.02. The molecule has 2 N–H and O–H groups in total. The van der Waals surface area contributed by atoms with Crippen LogP contribution in [-0.4, -0.2) is 36.5 Å². The molecule has 1 fully saturated rings. The van der Waals surface area contributed by atoms with E-state index in [-0.39, 0.29) is 24.0 Å². The number of nitrogens with two attached hydrogens (primary N) is 1. The minimum atomic E-state index is -3.53. The van der Waals surface area contributed by atoms with Gasteiger partial charge in [-0.1, -0.05) is 6.07 Å². The number of sulfonamides is 1. The second-order valence-corrected chi connectivity index (χ2v) is 6.66. The molecule has 0 spiro atoms. The van der Waals surface area contributed by atoms with Crippen LogP contribution in [0, 0.1) is 12.8 Å². The van der Waals surface area contributed by atoms with Crippen LogP contribution in [0.4, 0.5) is 0 Å². The number of nitrogens with zero attached hydrogens (tertiary/aromatic N) is 2. The van der Waals surface area contributed by atoms with Crippen molar-refractivity contribution in [2.24, 2.45) is 11.1 Å². The zero-order valence-corrected chi connectivity index (χ0v) is 11.6. The molecule has 0 aromatic carbocycles. The molecule has 19 heavy (non-hydrogen) atoms. The van der Waals surface area contributed by atoms with E-state index in [4.69, 9.17) is 5.14 Å². The highest BCUT2D eigenvalue weighted by Gasteiger charge is 2.31. The van der Waals surface area contributed by atoms with Crippen LogP contribution in [-0.2, 0) is 21.4 Å². The Morgan fingerprint density at radius 3 is 2.79 bits per heavy atom. The fourth-order valence-electron chi connectivity index (χ4n) is 2.23. The molecule has 1 aromatic rings. The number of amides is 1. The van der Waals surface area contributed by atoms with E-state index in [0.29, 0.717) is 13.1 Å². The van der Waals surface area contributed by atoms with Gasteiger partial charge in [0.05, 0.1) is 18.0 Å². The zero-order chi connectivity index (χ0) is 14.0. The molecule has 2 heterocycles. The zero-order valence-electron chi connectivity index (χ0n) is 10.7. The number of pyridine rings is 1. The summed E-state index contributed by atoms with van der Waals surface area (Å²) in [5.74, 6) is -0.403. The predicted molar refractivity (Wildman–Crippen MR) is 70.5 cm³/mol. The molecule has 1 aromatic heterocycles. The highest BCUT2D eigenvalue weighted by Crippen LogP contribution is 2.20. The Bertz CT molecular complexity index is 568. The fraction of sp³-hybridized carbons (Fsp3) is 0.500. The molecule has 1 aliphatic heterocycles. The number of aromatic nitrogens is 1. The van der Waals surface area contributed by atoms with Crippen LogP contribution in [0.5, 0.6) is 0 Å². The first-order chi connectivity index (χ1) is 8.83. The maximum Gasteiger partial charge on any atom is 0.223 e. The van der Waals surface area contributed by atoms with Gasteiger partial charge in [0.1, 0.15) is 0 Å². The number of carbonyl (C=O) groups is 1. The molecule has 0 bridgehead atoms. The maximum absolute atomic E-state index is 11.8. The van der Waals surface area contributed by atoms with Crippen LogP contribution in [0.3, 0.4) is 0 Å². The lowest BCUT2D eigenvalue weighted by Crippen LogP contribution is -2.27. The lowest BCUT2D eigenvalue weighted by molar-refractivity contribution is -0.128. The average Bonchev–Trinajstić information content (AvgIpc) is 2.60. The van der Waals surface area contributed by atoms with E-state index in [0.717, 1.165) is 11.3 Å². The van der Waals surface area contributed by atoms with Crippen molar-refractivity contribution in [1.29, 1.82) is 0 Å². The van der Waals surface area contributed by atoms with E-state index in [1.165, 1.54) is 0 Å². The SMILES string of the molecule is Cc1ccc(CN2CC(CS(N)(=O)=O)CC2=O)nc1. The molecule has 104 valence electrons. The summed E-state index contributed by atoms with van der Waals surface area (Å²) in [7, 11) is -3.53. The molecule has 0 radical (unpaired) electrons. The molecule has 1 amide bonds. The van der Waals surface area contributed by atoms with Crippen molar-refractivity contribution in [3.8, 4) is 0 Å². The first kappa shape index (κ1) is 14.0. The molecule has 7 heteroatoms. The molecule has 1 atom stereocenters. The smallest absolute Gasteiger partial charge is 0.223 e. The van der Waals surface area contributed by atoms with Gasteiger partial charge >= 0.3 is 0 Å². The second-order valence-electron chi connectivity index (χ2n) is 5.00. The fourth-order valence-corrected chi connectivity index (χ4v) is 3.11. The van der Waals surface area contributed by atoms with Crippen molar-refractivity contribution < 1.29 is 13.2 Å². The Balaban J connectivity index is 1.98. The number of aryl methyl sites for hydroxylation is 1.